The van der Waals surface area contributed by atoms with Crippen LogP contribution in [0.1, 0.15) is 25.8 Å². The van der Waals surface area contributed by atoms with Gasteiger partial charge in [-0.2, -0.15) is 0 Å². The Morgan fingerprint density at radius 2 is 2.00 bits per heavy atom. The zero-order valence-electron chi connectivity index (χ0n) is 11.0. The number of amides is 1. The molecular formula is C15H21NO2. The number of benzene rings is 1. The first-order chi connectivity index (χ1) is 8.63. The van der Waals surface area contributed by atoms with Crippen LogP contribution in [-0.2, 0) is 4.79 Å². The van der Waals surface area contributed by atoms with Crippen LogP contribution in [0.2, 0.25) is 0 Å². The van der Waals surface area contributed by atoms with E-state index in [1.165, 1.54) is 6.08 Å². The van der Waals surface area contributed by atoms with Gasteiger partial charge in [0.1, 0.15) is 0 Å². The van der Waals surface area contributed by atoms with Crippen molar-refractivity contribution in [3.8, 4) is 0 Å². The van der Waals surface area contributed by atoms with Crippen molar-refractivity contribution < 1.29 is 9.90 Å². The summed E-state index contributed by atoms with van der Waals surface area (Å²) in [6.07, 6.45) is 3.90. The molecule has 1 aromatic rings. The van der Waals surface area contributed by atoms with Crippen molar-refractivity contribution in [1.29, 1.82) is 0 Å². The van der Waals surface area contributed by atoms with Crippen molar-refractivity contribution in [2.75, 3.05) is 6.61 Å². The highest BCUT2D eigenvalue weighted by Gasteiger charge is 2.13. The summed E-state index contributed by atoms with van der Waals surface area (Å²) in [4.78, 5) is 11.7. The highest BCUT2D eigenvalue weighted by atomic mass is 16.3. The fourth-order valence-electron chi connectivity index (χ4n) is 1.68. The molecule has 0 aliphatic carbocycles. The minimum Gasteiger partial charge on any atom is -0.396 e. The van der Waals surface area contributed by atoms with Gasteiger partial charge in [0.05, 0.1) is 0 Å². The fraction of sp³-hybridized carbons (Fsp3) is 0.400. The van der Waals surface area contributed by atoms with Crippen LogP contribution in [0.15, 0.2) is 36.4 Å². The van der Waals surface area contributed by atoms with Gasteiger partial charge < -0.3 is 10.4 Å². The number of rotatable bonds is 6. The molecule has 2 N–H and O–H groups in total. The molecule has 1 aromatic carbocycles. The molecule has 0 fully saturated rings. The molecule has 0 bridgehead atoms. The molecule has 0 saturated carbocycles. The molecule has 0 aromatic heterocycles. The van der Waals surface area contributed by atoms with Crippen LogP contribution >= 0.6 is 0 Å². The van der Waals surface area contributed by atoms with Gasteiger partial charge in [0.15, 0.2) is 0 Å². The molecular weight excluding hydrogens is 226 g/mol. The molecule has 1 rings (SSSR count). The van der Waals surface area contributed by atoms with Crippen LogP contribution in [0.25, 0.3) is 6.08 Å². The topological polar surface area (TPSA) is 49.3 Å². The molecule has 0 heterocycles. The van der Waals surface area contributed by atoms with E-state index >= 15 is 0 Å². The Morgan fingerprint density at radius 3 is 2.56 bits per heavy atom. The van der Waals surface area contributed by atoms with Gasteiger partial charge in [-0.25, -0.2) is 0 Å². The first-order valence-electron chi connectivity index (χ1n) is 6.28. The maximum absolute atomic E-state index is 11.7. The summed E-state index contributed by atoms with van der Waals surface area (Å²) in [6.45, 7) is 4.15. The van der Waals surface area contributed by atoms with Gasteiger partial charge in [0.2, 0.25) is 5.91 Å². The molecule has 3 heteroatoms. The van der Waals surface area contributed by atoms with E-state index in [-0.39, 0.29) is 18.6 Å². The fourth-order valence-corrected chi connectivity index (χ4v) is 1.68. The second-order valence-electron chi connectivity index (χ2n) is 4.62. The van der Waals surface area contributed by atoms with E-state index in [4.69, 9.17) is 5.11 Å². The van der Waals surface area contributed by atoms with Crippen LogP contribution in [0.5, 0.6) is 0 Å². The minimum atomic E-state index is -0.119. The minimum absolute atomic E-state index is 0.0166. The largest absolute Gasteiger partial charge is 0.396 e. The number of aliphatic hydroxyl groups is 1. The molecule has 0 spiro atoms. The highest BCUT2D eigenvalue weighted by Crippen LogP contribution is 2.06. The number of hydrogen-bond acceptors (Lipinski definition) is 2. The van der Waals surface area contributed by atoms with E-state index < -0.39 is 0 Å². The van der Waals surface area contributed by atoms with Crippen LogP contribution < -0.4 is 5.32 Å². The molecule has 98 valence electrons. The third kappa shape index (κ3) is 5.15. The monoisotopic (exact) mass is 247 g/mol. The van der Waals surface area contributed by atoms with Gasteiger partial charge in [-0.3, -0.25) is 4.79 Å². The van der Waals surface area contributed by atoms with Gasteiger partial charge in [0.25, 0.3) is 0 Å². The second-order valence-corrected chi connectivity index (χ2v) is 4.62. The van der Waals surface area contributed by atoms with Crippen molar-refractivity contribution >= 4 is 12.0 Å². The number of nitrogens with one attached hydrogen (secondary N) is 1. The first kappa shape index (κ1) is 14.5. The maximum atomic E-state index is 11.7. The molecule has 0 saturated heterocycles. The van der Waals surface area contributed by atoms with E-state index in [2.05, 4.69) is 5.32 Å². The Balaban J connectivity index is 2.52. The van der Waals surface area contributed by atoms with Crippen LogP contribution in [-0.4, -0.2) is 23.7 Å². The van der Waals surface area contributed by atoms with E-state index in [0.29, 0.717) is 12.3 Å². The molecule has 1 atom stereocenters. The van der Waals surface area contributed by atoms with Gasteiger partial charge in [0, 0.05) is 18.7 Å². The zero-order valence-corrected chi connectivity index (χ0v) is 11.0. The zero-order chi connectivity index (χ0) is 13.4. The summed E-state index contributed by atoms with van der Waals surface area (Å²) < 4.78 is 0. The lowest BCUT2D eigenvalue weighted by Crippen LogP contribution is -2.38. The normalized spacial score (nSPS) is 12.9. The SMILES string of the molecule is CC(C)C(CCO)NC(=O)/C=C/c1ccccc1. The van der Waals surface area contributed by atoms with E-state index in [0.717, 1.165) is 5.56 Å². The predicted molar refractivity (Wildman–Crippen MR) is 73.9 cm³/mol. The summed E-state index contributed by atoms with van der Waals surface area (Å²) >= 11 is 0. The summed E-state index contributed by atoms with van der Waals surface area (Å²) in [5, 5.41) is 11.8. The molecule has 1 unspecified atom stereocenters. The Kier molecular flexibility index (Phi) is 6.15. The Labute approximate surface area is 109 Å². The number of hydrogen-bond donors (Lipinski definition) is 2. The van der Waals surface area contributed by atoms with E-state index in [1.54, 1.807) is 6.08 Å². The van der Waals surface area contributed by atoms with E-state index in [9.17, 15) is 4.79 Å². The molecule has 3 nitrogen and oxygen atoms in total. The summed E-state index contributed by atoms with van der Waals surface area (Å²) in [7, 11) is 0. The van der Waals surface area contributed by atoms with Crippen molar-refractivity contribution in [2.45, 2.75) is 26.3 Å². The quantitative estimate of drug-likeness (QED) is 0.757. The van der Waals surface area contributed by atoms with Crippen molar-refractivity contribution in [1.82, 2.24) is 5.32 Å². The molecule has 1 amide bonds. The Bertz CT molecular complexity index is 385. The standard InChI is InChI=1S/C15H21NO2/c1-12(2)14(10-11-17)16-15(18)9-8-13-6-4-3-5-7-13/h3-9,12,14,17H,10-11H2,1-2H3,(H,16,18)/b9-8+. The van der Waals surface area contributed by atoms with Gasteiger partial charge in [-0.05, 0) is 24.0 Å². The lowest BCUT2D eigenvalue weighted by atomic mass is 10.0. The van der Waals surface area contributed by atoms with Gasteiger partial charge in [-0.15, -0.1) is 0 Å². The van der Waals surface area contributed by atoms with Crippen LogP contribution in [0, 0.1) is 5.92 Å². The summed E-state index contributed by atoms with van der Waals surface area (Å²) in [5.41, 5.74) is 0.996. The number of aliphatic hydroxyl groups excluding tert-OH is 1. The second kappa shape index (κ2) is 7.67. The predicted octanol–water partition coefficient (Wildman–Crippen LogP) is 2.22. The summed E-state index contributed by atoms with van der Waals surface area (Å²) in [5.74, 6) is 0.192. The van der Waals surface area contributed by atoms with Crippen molar-refractivity contribution in [3.63, 3.8) is 0 Å². The molecule has 18 heavy (non-hydrogen) atoms. The number of carbonyl (C=O) groups is 1. The Morgan fingerprint density at radius 1 is 1.33 bits per heavy atom. The molecule has 0 aliphatic rings. The van der Waals surface area contributed by atoms with Crippen LogP contribution in [0.4, 0.5) is 0 Å². The third-order valence-electron chi connectivity index (χ3n) is 2.80. The first-order valence-corrected chi connectivity index (χ1v) is 6.28. The van der Waals surface area contributed by atoms with Gasteiger partial charge >= 0.3 is 0 Å². The van der Waals surface area contributed by atoms with E-state index in [1.807, 2.05) is 44.2 Å². The third-order valence-corrected chi connectivity index (χ3v) is 2.80. The highest BCUT2D eigenvalue weighted by molar-refractivity contribution is 5.91. The lowest BCUT2D eigenvalue weighted by molar-refractivity contribution is -0.117. The molecule has 0 aliphatic heterocycles. The average Bonchev–Trinajstić information content (AvgIpc) is 2.37. The average molecular weight is 247 g/mol. The lowest BCUT2D eigenvalue weighted by Gasteiger charge is -2.20. The van der Waals surface area contributed by atoms with Crippen molar-refractivity contribution in [3.05, 3.63) is 42.0 Å². The van der Waals surface area contributed by atoms with Crippen molar-refractivity contribution in [2.24, 2.45) is 5.92 Å². The maximum Gasteiger partial charge on any atom is 0.244 e. The smallest absolute Gasteiger partial charge is 0.244 e. The number of carbonyl (C=O) groups excluding carboxylic acids is 1. The molecule has 0 radical (unpaired) electrons. The summed E-state index contributed by atoms with van der Waals surface area (Å²) in [6, 6.07) is 9.70. The Hall–Kier alpha value is -1.61. The van der Waals surface area contributed by atoms with Gasteiger partial charge in [-0.1, -0.05) is 44.2 Å². The van der Waals surface area contributed by atoms with Crippen LogP contribution in [0.3, 0.4) is 0 Å².